The number of hydrogen-bond acceptors (Lipinski definition) is 5. The summed E-state index contributed by atoms with van der Waals surface area (Å²) in [6, 6.07) is 5.94. The highest BCUT2D eigenvalue weighted by Crippen LogP contribution is 2.28. The summed E-state index contributed by atoms with van der Waals surface area (Å²) in [4.78, 5) is 11.5. The van der Waals surface area contributed by atoms with Crippen molar-refractivity contribution in [2.75, 3.05) is 13.7 Å². The highest BCUT2D eigenvalue weighted by atomic mass is 32.2. The Labute approximate surface area is 118 Å². The first kappa shape index (κ1) is 15.0. The van der Waals surface area contributed by atoms with Gasteiger partial charge in [-0.2, -0.15) is 0 Å². The minimum Gasteiger partial charge on any atom is -0.465 e. The number of carbonyl (C=O) groups excluding carboxylic acids is 1. The summed E-state index contributed by atoms with van der Waals surface area (Å²) in [6.07, 6.45) is 2.61. The molecule has 0 radical (unpaired) electrons. The molecule has 110 valence electrons. The number of ether oxygens (including phenoxy) is 1. The Hall–Kier alpha value is -1.44. The van der Waals surface area contributed by atoms with E-state index in [1.54, 1.807) is 12.1 Å². The van der Waals surface area contributed by atoms with E-state index in [-0.39, 0.29) is 17.0 Å². The molecule has 1 aliphatic carbocycles. The molecule has 20 heavy (non-hydrogen) atoms. The van der Waals surface area contributed by atoms with E-state index >= 15 is 0 Å². The molecule has 0 heterocycles. The molecule has 1 aromatic rings. The van der Waals surface area contributed by atoms with E-state index in [2.05, 4.69) is 9.46 Å². The average Bonchev–Trinajstić information content (AvgIpc) is 2.42. The van der Waals surface area contributed by atoms with Gasteiger partial charge in [0.2, 0.25) is 10.0 Å². The third-order valence-electron chi connectivity index (χ3n) is 3.55. The fourth-order valence-corrected chi connectivity index (χ4v) is 3.44. The van der Waals surface area contributed by atoms with Crippen LogP contribution in [0.1, 0.15) is 29.6 Å². The number of nitrogens with one attached hydrogen (secondary N) is 1. The van der Waals surface area contributed by atoms with E-state index in [1.807, 2.05) is 0 Å². The van der Waals surface area contributed by atoms with Crippen LogP contribution in [0.25, 0.3) is 0 Å². The molecule has 0 bridgehead atoms. The van der Waals surface area contributed by atoms with Crippen molar-refractivity contribution in [3.05, 3.63) is 29.8 Å². The van der Waals surface area contributed by atoms with E-state index in [1.165, 1.54) is 19.2 Å². The molecule has 1 aliphatic rings. The Balaban J connectivity index is 2.23. The van der Waals surface area contributed by atoms with Crippen LogP contribution in [-0.2, 0) is 14.8 Å². The monoisotopic (exact) mass is 298 g/mol. The van der Waals surface area contributed by atoms with Gasteiger partial charge < -0.3 is 10.5 Å². The molecule has 1 saturated carbocycles. The highest BCUT2D eigenvalue weighted by Gasteiger charge is 2.34. The molecule has 1 fully saturated rings. The Morgan fingerprint density at radius 1 is 1.40 bits per heavy atom. The maximum absolute atomic E-state index is 12.3. The van der Waals surface area contributed by atoms with E-state index in [4.69, 9.17) is 5.73 Å². The normalized spacial score (nSPS) is 17.3. The fraction of sp³-hybridized carbons (Fsp3) is 0.462. The summed E-state index contributed by atoms with van der Waals surface area (Å²) in [6.45, 7) is 0.171. The molecule has 7 heteroatoms. The topological polar surface area (TPSA) is 98.5 Å². The third-order valence-corrected chi connectivity index (χ3v) is 5.00. The van der Waals surface area contributed by atoms with Gasteiger partial charge in [-0.3, -0.25) is 0 Å². The molecule has 0 atom stereocenters. The number of benzene rings is 1. The van der Waals surface area contributed by atoms with E-state index in [0.29, 0.717) is 0 Å². The molecular formula is C13H18N2O4S. The zero-order valence-electron chi connectivity index (χ0n) is 11.3. The van der Waals surface area contributed by atoms with Gasteiger partial charge in [-0.1, -0.05) is 12.1 Å². The molecule has 0 amide bonds. The second-order valence-electron chi connectivity index (χ2n) is 5.03. The summed E-state index contributed by atoms with van der Waals surface area (Å²) >= 11 is 0. The molecule has 0 unspecified atom stereocenters. The van der Waals surface area contributed by atoms with Crippen molar-refractivity contribution in [1.29, 1.82) is 0 Å². The van der Waals surface area contributed by atoms with E-state index < -0.39 is 21.5 Å². The van der Waals surface area contributed by atoms with Gasteiger partial charge in [0.1, 0.15) is 0 Å². The molecule has 1 aromatic carbocycles. The summed E-state index contributed by atoms with van der Waals surface area (Å²) in [5.41, 5.74) is 5.54. The van der Waals surface area contributed by atoms with Crippen molar-refractivity contribution >= 4 is 16.0 Å². The Kier molecular flexibility index (Phi) is 4.12. The van der Waals surface area contributed by atoms with Gasteiger partial charge in [0.05, 0.1) is 17.6 Å². The number of sulfonamides is 1. The first-order valence-corrected chi connectivity index (χ1v) is 7.82. The molecule has 0 saturated heterocycles. The Morgan fingerprint density at radius 2 is 2.05 bits per heavy atom. The second-order valence-corrected chi connectivity index (χ2v) is 6.76. The molecular weight excluding hydrogens is 280 g/mol. The quantitative estimate of drug-likeness (QED) is 0.777. The second kappa shape index (κ2) is 5.51. The lowest BCUT2D eigenvalue weighted by Crippen LogP contribution is -2.54. The van der Waals surface area contributed by atoms with Crippen LogP contribution in [0.2, 0.25) is 0 Å². The number of nitrogens with two attached hydrogens (primary N) is 1. The summed E-state index contributed by atoms with van der Waals surface area (Å²) in [7, 11) is -2.58. The first-order chi connectivity index (χ1) is 9.38. The largest absolute Gasteiger partial charge is 0.465 e. The van der Waals surface area contributed by atoms with Gasteiger partial charge >= 0.3 is 5.97 Å². The zero-order chi connectivity index (χ0) is 14.8. The first-order valence-electron chi connectivity index (χ1n) is 6.34. The summed E-state index contributed by atoms with van der Waals surface area (Å²) < 4.78 is 31.6. The smallest absolute Gasteiger partial charge is 0.339 e. The van der Waals surface area contributed by atoms with Crippen LogP contribution in [0.5, 0.6) is 0 Å². The third kappa shape index (κ3) is 3.00. The maximum Gasteiger partial charge on any atom is 0.339 e. The van der Waals surface area contributed by atoms with Crippen molar-refractivity contribution in [1.82, 2.24) is 4.72 Å². The number of esters is 1. The van der Waals surface area contributed by atoms with Crippen LogP contribution in [-0.4, -0.2) is 33.6 Å². The predicted molar refractivity (Wildman–Crippen MR) is 73.7 cm³/mol. The predicted octanol–water partition coefficient (Wildman–Crippen LogP) is 0.633. The van der Waals surface area contributed by atoms with Crippen molar-refractivity contribution in [2.45, 2.75) is 29.7 Å². The lowest BCUT2D eigenvalue weighted by atomic mass is 9.78. The lowest BCUT2D eigenvalue weighted by Gasteiger charge is -2.38. The summed E-state index contributed by atoms with van der Waals surface area (Å²) in [5, 5.41) is 0. The van der Waals surface area contributed by atoms with Gasteiger partial charge in [0.25, 0.3) is 0 Å². The van der Waals surface area contributed by atoms with Crippen LogP contribution >= 0.6 is 0 Å². The number of hydrogen-bond donors (Lipinski definition) is 2. The SMILES string of the molecule is COC(=O)c1ccccc1S(=O)(=O)NCC1(N)CCC1. The van der Waals surface area contributed by atoms with Crippen LogP contribution < -0.4 is 10.5 Å². The summed E-state index contributed by atoms with van der Waals surface area (Å²) in [5.74, 6) is -0.683. The van der Waals surface area contributed by atoms with Crippen LogP contribution in [0.4, 0.5) is 0 Å². The standard InChI is InChI=1S/C13H18N2O4S/c1-19-12(16)10-5-2-3-6-11(10)20(17,18)15-9-13(14)7-4-8-13/h2-3,5-6,15H,4,7-9,14H2,1H3. The Bertz CT molecular complexity index is 609. The zero-order valence-corrected chi connectivity index (χ0v) is 12.1. The van der Waals surface area contributed by atoms with Crippen molar-refractivity contribution in [3.63, 3.8) is 0 Å². The fourth-order valence-electron chi connectivity index (χ4n) is 2.10. The lowest BCUT2D eigenvalue weighted by molar-refractivity contribution is 0.0596. The van der Waals surface area contributed by atoms with E-state index in [0.717, 1.165) is 19.3 Å². The number of carbonyl (C=O) groups is 1. The number of rotatable bonds is 5. The van der Waals surface area contributed by atoms with Crippen LogP contribution in [0.15, 0.2) is 29.2 Å². The molecule has 3 N–H and O–H groups in total. The highest BCUT2D eigenvalue weighted by molar-refractivity contribution is 7.89. The average molecular weight is 298 g/mol. The van der Waals surface area contributed by atoms with Gasteiger partial charge in [-0.15, -0.1) is 0 Å². The van der Waals surface area contributed by atoms with Crippen LogP contribution in [0, 0.1) is 0 Å². The van der Waals surface area contributed by atoms with Crippen molar-refractivity contribution in [2.24, 2.45) is 5.73 Å². The minimum atomic E-state index is -3.79. The minimum absolute atomic E-state index is 0.0159. The molecule has 2 rings (SSSR count). The maximum atomic E-state index is 12.3. The molecule has 0 aliphatic heterocycles. The van der Waals surface area contributed by atoms with Crippen molar-refractivity contribution < 1.29 is 17.9 Å². The van der Waals surface area contributed by atoms with E-state index in [9.17, 15) is 13.2 Å². The molecule has 6 nitrogen and oxygen atoms in total. The molecule has 0 aromatic heterocycles. The Morgan fingerprint density at radius 3 is 2.60 bits per heavy atom. The van der Waals surface area contributed by atoms with Gasteiger partial charge in [0.15, 0.2) is 0 Å². The number of methoxy groups -OCH3 is 1. The van der Waals surface area contributed by atoms with Gasteiger partial charge in [-0.05, 0) is 31.4 Å². The van der Waals surface area contributed by atoms with Gasteiger partial charge in [0, 0.05) is 12.1 Å². The van der Waals surface area contributed by atoms with Crippen molar-refractivity contribution in [3.8, 4) is 0 Å². The molecule has 0 spiro atoms. The van der Waals surface area contributed by atoms with Gasteiger partial charge in [-0.25, -0.2) is 17.9 Å². The van der Waals surface area contributed by atoms with Crippen LogP contribution in [0.3, 0.4) is 0 Å².